The SMILES string of the molecule is CCC(C)C1CC(CCCCC(=O)C(C)C)C1. The van der Waals surface area contributed by atoms with Crippen molar-refractivity contribution >= 4 is 5.78 Å². The molecule has 1 fully saturated rings. The van der Waals surface area contributed by atoms with Crippen molar-refractivity contribution in [3.05, 3.63) is 0 Å². The Morgan fingerprint density at radius 3 is 2.35 bits per heavy atom. The maximum atomic E-state index is 11.5. The predicted molar refractivity (Wildman–Crippen MR) is 74.0 cm³/mol. The number of ketones is 1. The summed E-state index contributed by atoms with van der Waals surface area (Å²) in [4.78, 5) is 11.5. The molecule has 1 rings (SSSR count). The van der Waals surface area contributed by atoms with Crippen LogP contribution in [0.1, 0.15) is 72.6 Å². The average molecular weight is 238 g/mol. The minimum absolute atomic E-state index is 0.230. The average Bonchev–Trinajstić information content (AvgIpc) is 2.24. The zero-order valence-electron chi connectivity index (χ0n) is 12.2. The van der Waals surface area contributed by atoms with Gasteiger partial charge in [-0.25, -0.2) is 0 Å². The molecule has 0 aliphatic heterocycles. The summed E-state index contributed by atoms with van der Waals surface area (Å²) in [6.45, 7) is 8.70. The highest BCUT2D eigenvalue weighted by atomic mass is 16.1. The summed E-state index contributed by atoms with van der Waals surface area (Å²) in [6.07, 6.45) is 8.77. The minimum atomic E-state index is 0.230. The molecule has 0 radical (unpaired) electrons. The summed E-state index contributed by atoms with van der Waals surface area (Å²) < 4.78 is 0. The van der Waals surface area contributed by atoms with Gasteiger partial charge in [0.15, 0.2) is 0 Å². The molecular weight excluding hydrogens is 208 g/mol. The van der Waals surface area contributed by atoms with Crippen molar-refractivity contribution in [2.45, 2.75) is 72.6 Å². The fraction of sp³-hybridized carbons (Fsp3) is 0.938. The Hall–Kier alpha value is -0.330. The first kappa shape index (κ1) is 14.7. The van der Waals surface area contributed by atoms with Crippen LogP contribution in [0, 0.1) is 23.7 Å². The van der Waals surface area contributed by atoms with Crippen molar-refractivity contribution in [2.75, 3.05) is 0 Å². The highest BCUT2D eigenvalue weighted by Gasteiger charge is 2.31. The van der Waals surface area contributed by atoms with Crippen LogP contribution in [0.2, 0.25) is 0 Å². The Kier molecular flexibility index (Phi) is 6.22. The van der Waals surface area contributed by atoms with Crippen molar-refractivity contribution in [3.63, 3.8) is 0 Å². The van der Waals surface area contributed by atoms with Gasteiger partial charge in [0.2, 0.25) is 0 Å². The fourth-order valence-corrected chi connectivity index (χ4v) is 2.84. The molecule has 17 heavy (non-hydrogen) atoms. The summed E-state index contributed by atoms with van der Waals surface area (Å²) >= 11 is 0. The van der Waals surface area contributed by atoms with Gasteiger partial charge in [-0.05, 0) is 37.0 Å². The Balaban J connectivity index is 1.98. The maximum absolute atomic E-state index is 11.5. The number of rotatable bonds is 8. The van der Waals surface area contributed by atoms with Gasteiger partial charge in [0.25, 0.3) is 0 Å². The van der Waals surface area contributed by atoms with Gasteiger partial charge in [-0.1, -0.05) is 47.0 Å². The third kappa shape index (κ3) is 4.81. The Bertz CT molecular complexity index is 226. The monoisotopic (exact) mass is 238 g/mol. The van der Waals surface area contributed by atoms with E-state index >= 15 is 0 Å². The van der Waals surface area contributed by atoms with Crippen molar-refractivity contribution in [3.8, 4) is 0 Å². The number of carbonyl (C=O) groups is 1. The van der Waals surface area contributed by atoms with E-state index in [1.807, 2.05) is 13.8 Å². The first-order chi connectivity index (χ1) is 8.04. The lowest BCUT2D eigenvalue weighted by atomic mass is 9.67. The van der Waals surface area contributed by atoms with Crippen molar-refractivity contribution in [2.24, 2.45) is 23.7 Å². The second kappa shape index (κ2) is 7.18. The molecule has 1 aliphatic carbocycles. The number of Topliss-reactive ketones (excluding diaryl/α,β-unsaturated/α-hetero) is 1. The standard InChI is InChI=1S/C16H30O/c1-5-13(4)15-10-14(11-15)8-6-7-9-16(17)12(2)3/h12-15H,5-11H2,1-4H3. The van der Waals surface area contributed by atoms with Crippen LogP contribution < -0.4 is 0 Å². The van der Waals surface area contributed by atoms with Gasteiger partial charge >= 0.3 is 0 Å². The summed E-state index contributed by atoms with van der Waals surface area (Å²) in [5.41, 5.74) is 0. The third-order valence-corrected chi connectivity index (χ3v) is 4.65. The molecule has 0 amide bonds. The normalized spacial score (nSPS) is 25.7. The Morgan fingerprint density at radius 2 is 1.82 bits per heavy atom. The molecule has 1 nitrogen and oxygen atoms in total. The second-order valence-electron chi connectivity index (χ2n) is 6.35. The molecule has 0 spiro atoms. The molecule has 1 unspecified atom stereocenters. The largest absolute Gasteiger partial charge is 0.299 e. The van der Waals surface area contributed by atoms with Gasteiger partial charge < -0.3 is 0 Å². The van der Waals surface area contributed by atoms with E-state index in [2.05, 4.69) is 13.8 Å². The highest BCUT2D eigenvalue weighted by Crippen LogP contribution is 2.42. The predicted octanol–water partition coefficient (Wildman–Crippen LogP) is 4.84. The molecule has 1 atom stereocenters. The first-order valence-electron chi connectivity index (χ1n) is 7.57. The van der Waals surface area contributed by atoms with Crippen LogP contribution in [0.3, 0.4) is 0 Å². The van der Waals surface area contributed by atoms with E-state index in [0.29, 0.717) is 5.78 Å². The van der Waals surface area contributed by atoms with E-state index < -0.39 is 0 Å². The van der Waals surface area contributed by atoms with Crippen LogP contribution >= 0.6 is 0 Å². The van der Waals surface area contributed by atoms with Crippen LogP contribution in [0.5, 0.6) is 0 Å². The van der Waals surface area contributed by atoms with E-state index in [4.69, 9.17) is 0 Å². The highest BCUT2D eigenvalue weighted by molar-refractivity contribution is 5.80. The number of hydrogen-bond donors (Lipinski definition) is 0. The molecule has 0 aromatic heterocycles. The Labute approximate surface area is 107 Å². The van der Waals surface area contributed by atoms with Crippen LogP contribution in [0.4, 0.5) is 0 Å². The number of carbonyl (C=O) groups excluding carboxylic acids is 1. The summed E-state index contributed by atoms with van der Waals surface area (Å²) in [5, 5.41) is 0. The summed E-state index contributed by atoms with van der Waals surface area (Å²) in [6, 6.07) is 0. The fourth-order valence-electron chi connectivity index (χ4n) is 2.84. The zero-order chi connectivity index (χ0) is 12.8. The van der Waals surface area contributed by atoms with Crippen molar-refractivity contribution < 1.29 is 4.79 Å². The van der Waals surface area contributed by atoms with E-state index in [0.717, 1.165) is 30.6 Å². The van der Waals surface area contributed by atoms with Gasteiger partial charge in [0, 0.05) is 12.3 Å². The van der Waals surface area contributed by atoms with Crippen molar-refractivity contribution in [1.29, 1.82) is 0 Å². The lowest BCUT2D eigenvalue weighted by Crippen LogP contribution is -2.28. The topological polar surface area (TPSA) is 17.1 Å². The zero-order valence-corrected chi connectivity index (χ0v) is 12.2. The Morgan fingerprint density at radius 1 is 1.18 bits per heavy atom. The van der Waals surface area contributed by atoms with Crippen LogP contribution in [-0.2, 0) is 4.79 Å². The summed E-state index contributed by atoms with van der Waals surface area (Å²) in [7, 11) is 0. The lowest BCUT2D eigenvalue weighted by Gasteiger charge is -2.39. The molecule has 100 valence electrons. The number of hydrogen-bond acceptors (Lipinski definition) is 1. The van der Waals surface area contributed by atoms with Gasteiger partial charge in [-0.3, -0.25) is 4.79 Å². The number of unbranched alkanes of at least 4 members (excludes halogenated alkanes) is 1. The molecule has 0 aromatic rings. The molecule has 1 saturated carbocycles. The van der Waals surface area contributed by atoms with Gasteiger partial charge in [-0.15, -0.1) is 0 Å². The molecular formula is C16H30O. The maximum Gasteiger partial charge on any atom is 0.135 e. The smallest absolute Gasteiger partial charge is 0.135 e. The first-order valence-corrected chi connectivity index (χ1v) is 7.57. The molecule has 0 heterocycles. The molecule has 1 aliphatic rings. The third-order valence-electron chi connectivity index (χ3n) is 4.65. The van der Waals surface area contributed by atoms with E-state index in [9.17, 15) is 4.79 Å². The lowest BCUT2D eigenvalue weighted by molar-refractivity contribution is -0.122. The molecule has 0 bridgehead atoms. The van der Waals surface area contributed by atoms with Crippen molar-refractivity contribution in [1.82, 2.24) is 0 Å². The molecule has 0 N–H and O–H groups in total. The minimum Gasteiger partial charge on any atom is -0.299 e. The van der Waals surface area contributed by atoms with Gasteiger partial charge in [0.1, 0.15) is 5.78 Å². The van der Waals surface area contributed by atoms with E-state index in [-0.39, 0.29) is 5.92 Å². The van der Waals surface area contributed by atoms with E-state index in [1.54, 1.807) is 0 Å². The molecule has 0 aromatic carbocycles. The van der Waals surface area contributed by atoms with E-state index in [1.165, 1.54) is 32.1 Å². The van der Waals surface area contributed by atoms with Gasteiger partial charge in [0.05, 0.1) is 0 Å². The second-order valence-corrected chi connectivity index (χ2v) is 6.35. The van der Waals surface area contributed by atoms with Crippen LogP contribution in [0.15, 0.2) is 0 Å². The molecule has 1 heteroatoms. The van der Waals surface area contributed by atoms with Crippen LogP contribution in [-0.4, -0.2) is 5.78 Å². The molecule has 0 saturated heterocycles. The summed E-state index contributed by atoms with van der Waals surface area (Å²) in [5.74, 6) is 3.57. The van der Waals surface area contributed by atoms with Crippen LogP contribution in [0.25, 0.3) is 0 Å². The quantitative estimate of drug-likeness (QED) is 0.553. The van der Waals surface area contributed by atoms with Gasteiger partial charge in [-0.2, -0.15) is 0 Å².